The second-order valence-electron chi connectivity index (χ2n) is 6.71. The molecule has 2 aromatic rings. The Balaban J connectivity index is 1.73. The molecule has 1 amide bonds. The highest BCUT2D eigenvalue weighted by atomic mass is 19.4. The number of piperidine rings is 1. The maximum Gasteiger partial charge on any atom is 0.573 e. The molecule has 144 valence electrons. The minimum absolute atomic E-state index is 0.140. The molecule has 4 nitrogen and oxygen atoms in total. The molecule has 1 heterocycles. The van der Waals surface area contributed by atoms with Crippen molar-refractivity contribution in [3.8, 4) is 16.9 Å². The van der Waals surface area contributed by atoms with Gasteiger partial charge >= 0.3 is 6.36 Å². The molecule has 0 radical (unpaired) electrons. The third-order valence-electron chi connectivity index (χ3n) is 4.58. The van der Waals surface area contributed by atoms with Gasteiger partial charge in [-0.2, -0.15) is 0 Å². The summed E-state index contributed by atoms with van der Waals surface area (Å²) < 4.78 is 41.2. The molecule has 1 fully saturated rings. The first-order chi connectivity index (χ1) is 12.8. The second-order valence-corrected chi connectivity index (χ2v) is 6.71. The highest BCUT2D eigenvalue weighted by Crippen LogP contribution is 2.28. The van der Waals surface area contributed by atoms with Crippen LogP contribution in [0.1, 0.15) is 23.2 Å². The van der Waals surface area contributed by atoms with Crippen LogP contribution in [-0.2, 0) is 0 Å². The number of nitrogens with zero attached hydrogens (tertiary/aromatic N) is 1. The highest BCUT2D eigenvalue weighted by Gasteiger charge is 2.31. The largest absolute Gasteiger partial charge is 0.573 e. The summed E-state index contributed by atoms with van der Waals surface area (Å²) in [6.07, 6.45) is -2.94. The molecule has 0 saturated carbocycles. The van der Waals surface area contributed by atoms with Gasteiger partial charge in [0.05, 0.1) is 0 Å². The van der Waals surface area contributed by atoms with Crippen LogP contribution >= 0.6 is 0 Å². The van der Waals surface area contributed by atoms with Gasteiger partial charge in [-0.05, 0) is 68.4 Å². The second kappa shape index (κ2) is 8.00. The van der Waals surface area contributed by atoms with Crippen LogP contribution in [0.2, 0.25) is 0 Å². The molecule has 0 atom stereocenters. The SMILES string of the molecule is CN1CCC(NC(=O)c2cccc(-c3cccc(OC(F)(F)F)c3)c2)CC1. The summed E-state index contributed by atoms with van der Waals surface area (Å²) in [6, 6.07) is 12.7. The third kappa shape index (κ3) is 5.47. The van der Waals surface area contributed by atoms with Crippen LogP contribution in [0.3, 0.4) is 0 Å². The van der Waals surface area contributed by atoms with Crippen molar-refractivity contribution < 1.29 is 22.7 Å². The first-order valence-electron chi connectivity index (χ1n) is 8.76. The number of likely N-dealkylation sites (tertiary alicyclic amines) is 1. The average molecular weight is 378 g/mol. The summed E-state index contributed by atoms with van der Waals surface area (Å²) >= 11 is 0. The molecule has 1 N–H and O–H groups in total. The number of ether oxygens (including phenoxy) is 1. The van der Waals surface area contributed by atoms with E-state index in [0.29, 0.717) is 16.7 Å². The van der Waals surface area contributed by atoms with Crippen molar-refractivity contribution in [3.05, 3.63) is 54.1 Å². The maximum atomic E-state index is 12.5. The molecule has 1 aliphatic heterocycles. The lowest BCUT2D eigenvalue weighted by atomic mass is 10.0. The van der Waals surface area contributed by atoms with Crippen LogP contribution in [-0.4, -0.2) is 43.3 Å². The molecule has 2 aromatic carbocycles. The summed E-state index contributed by atoms with van der Waals surface area (Å²) in [6.45, 7) is 1.88. The molecule has 1 saturated heterocycles. The van der Waals surface area contributed by atoms with Gasteiger partial charge in [-0.15, -0.1) is 13.2 Å². The highest BCUT2D eigenvalue weighted by molar-refractivity contribution is 5.95. The fraction of sp³-hybridized carbons (Fsp3) is 0.350. The zero-order valence-electron chi connectivity index (χ0n) is 14.9. The van der Waals surface area contributed by atoms with Crippen molar-refractivity contribution in [2.24, 2.45) is 0 Å². The Hall–Kier alpha value is -2.54. The number of alkyl halides is 3. The lowest BCUT2D eigenvalue weighted by Gasteiger charge is -2.29. The van der Waals surface area contributed by atoms with Crippen molar-refractivity contribution in [3.63, 3.8) is 0 Å². The number of amides is 1. The lowest BCUT2D eigenvalue weighted by Crippen LogP contribution is -2.43. The Kier molecular flexibility index (Phi) is 5.70. The Bertz CT molecular complexity index is 800. The van der Waals surface area contributed by atoms with Crippen molar-refractivity contribution >= 4 is 5.91 Å². The van der Waals surface area contributed by atoms with Crippen LogP contribution in [0.25, 0.3) is 11.1 Å². The number of halogens is 3. The zero-order chi connectivity index (χ0) is 19.4. The van der Waals surface area contributed by atoms with Gasteiger partial charge in [-0.3, -0.25) is 4.79 Å². The van der Waals surface area contributed by atoms with E-state index in [-0.39, 0.29) is 17.7 Å². The Morgan fingerprint density at radius 2 is 1.70 bits per heavy atom. The van der Waals surface area contributed by atoms with E-state index >= 15 is 0 Å². The number of hydrogen-bond donors (Lipinski definition) is 1. The molecular formula is C20H21F3N2O2. The molecule has 0 unspecified atom stereocenters. The number of carbonyl (C=O) groups is 1. The van der Waals surface area contributed by atoms with E-state index in [1.165, 1.54) is 18.2 Å². The first-order valence-corrected chi connectivity index (χ1v) is 8.76. The smallest absolute Gasteiger partial charge is 0.406 e. The van der Waals surface area contributed by atoms with E-state index in [4.69, 9.17) is 0 Å². The number of benzene rings is 2. The quantitative estimate of drug-likeness (QED) is 0.872. The number of carbonyl (C=O) groups excluding carboxylic acids is 1. The molecule has 7 heteroatoms. The summed E-state index contributed by atoms with van der Waals surface area (Å²) in [4.78, 5) is 14.8. The van der Waals surface area contributed by atoms with Gasteiger partial charge in [0.15, 0.2) is 0 Å². The van der Waals surface area contributed by atoms with E-state index in [1.807, 2.05) is 0 Å². The van der Waals surface area contributed by atoms with Crippen LogP contribution < -0.4 is 10.1 Å². The van der Waals surface area contributed by atoms with E-state index < -0.39 is 6.36 Å². The molecule has 0 spiro atoms. The first kappa shape index (κ1) is 19.2. The molecule has 0 bridgehead atoms. The van der Waals surface area contributed by atoms with E-state index in [9.17, 15) is 18.0 Å². The molecule has 0 aromatic heterocycles. The van der Waals surface area contributed by atoms with Gasteiger partial charge in [0.25, 0.3) is 5.91 Å². The molecular weight excluding hydrogens is 357 g/mol. The van der Waals surface area contributed by atoms with E-state index in [0.717, 1.165) is 25.9 Å². The van der Waals surface area contributed by atoms with Crippen molar-refractivity contribution in [1.82, 2.24) is 10.2 Å². The van der Waals surface area contributed by atoms with Gasteiger partial charge in [0.1, 0.15) is 5.75 Å². The van der Waals surface area contributed by atoms with Crippen molar-refractivity contribution in [1.29, 1.82) is 0 Å². The number of rotatable bonds is 4. The molecule has 3 rings (SSSR count). The van der Waals surface area contributed by atoms with Gasteiger partial charge in [-0.1, -0.05) is 24.3 Å². The summed E-state index contributed by atoms with van der Waals surface area (Å²) in [7, 11) is 2.05. The normalized spacial score (nSPS) is 16.1. The monoisotopic (exact) mass is 378 g/mol. The number of hydrogen-bond acceptors (Lipinski definition) is 3. The van der Waals surface area contributed by atoms with Crippen molar-refractivity contribution in [2.75, 3.05) is 20.1 Å². The minimum atomic E-state index is -4.74. The van der Waals surface area contributed by atoms with E-state index in [2.05, 4.69) is 22.0 Å². The number of nitrogens with one attached hydrogen (secondary N) is 1. The molecule has 1 aliphatic rings. The maximum absolute atomic E-state index is 12.5. The predicted octanol–water partition coefficient (Wildman–Crippen LogP) is 4.08. The Labute approximate surface area is 155 Å². The topological polar surface area (TPSA) is 41.6 Å². The lowest BCUT2D eigenvalue weighted by molar-refractivity contribution is -0.274. The summed E-state index contributed by atoms with van der Waals surface area (Å²) in [5, 5.41) is 3.04. The van der Waals surface area contributed by atoms with Crippen LogP contribution in [0.5, 0.6) is 5.75 Å². The zero-order valence-corrected chi connectivity index (χ0v) is 14.9. The Morgan fingerprint density at radius 1 is 1.07 bits per heavy atom. The summed E-state index contributed by atoms with van der Waals surface area (Å²) in [5.41, 5.74) is 1.68. The van der Waals surface area contributed by atoms with Crippen LogP contribution in [0.15, 0.2) is 48.5 Å². The van der Waals surface area contributed by atoms with Crippen LogP contribution in [0, 0.1) is 0 Å². The predicted molar refractivity (Wildman–Crippen MR) is 96.5 cm³/mol. The standard InChI is InChI=1S/C20H21F3N2O2/c1-25-10-8-17(9-11-25)24-19(26)16-6-2-4-14(12-16)15-5-3-7-18(13-15)27-20(21,22)23/h2-7,12-13,17H,8-11H2,1H3,(H,24,26). The molecule has 27 heavy (non-hydrogen) atoms. The average Bonchev–Trinajstić information content (AvgIpc) is 2.62. The third-order valence-corrected chi connectivity index (χ3v) is 4.58. The Morgan fingerprint density at radius 3 is 2.37 bits per heavy atom. The minimum Gasteiger partial charge on any atom is -0.406 e. The van der Waals surface area contributed by atoms with Gasteiger partial charge in [0, 0.05) is 11.6 Å². The van der Waals surface area contributed by atoms with Gasteiger partial charge in [0.2, 0.25) is 0 Å². The fourth-order valence-electron chi connectivity index (χ4n) is 3.13. The van der Waals surface area contributed by atoms with Gasteiger partial charge in [-0.25, -0.2) is 0 Å². The van der Waals surface area contributed by atoms with Crippen molar-refractivity contribution in [2.45, 2.75) is 25.2 Å². The molecule has 0 aliphatic carbocycles. The van der Waals surface area contributed by atoms with E-state index in [1.54, 1.807) is 30.3 Å². The summed E-state index contributed by atoms with van der Waals surface area (Å²) in [5.74, 6) is -0.463. The fourth-order valence-corrected chi connectivity index (χ4v) is 3.13. The van der Waals surface area contributed by atoms with Gasteiger partial charge < -0.3 is 15.0 Å². The van der Waals surface area contributed by atoms with Crippen LogP contribution in [0.4, 0.5) is 13.2 Å².